The molecule has 0 bridgehead atoms. The van der Waals surface area contributed by atoms with Gasteiger partial charge in [0.05, 0.1) is 12.1 Å². The van der Waals surface area contributed by atoms with Gasteiger partial charge in [-0.25, -0.2) is 9.78 Å². The Kier molecular flexibility index (Phi) is 7.64. The number of methoxy groups -OCH3 is 1. The second kappa shape index (κ2) is 10.6. The maximum Gasteiger partial charge on any atom is 0.359 e. The molecule has 0 aliphatic carbocycles. The first kappa shape index (κ1) is 23.1. The van der Waals surface area contributed by atoms with Gasteiger partial charge in [0.25, 0.3) is 11.8 Å². The van der Waals surface area contributed by atoms with Gasteiger partial charge in [0.1, 0.15) is 10.9 Å². The van der Waals surface area contributed by atoms with Crippen LogP contribution in [0, 0.1) is 0 Å². The molecule has 0 fully saturated rings. The lowest BCUT2D eigenvalue weighted by molar-refractivity contribution is -0.119. The predicted molar refractivity (Wildman–Crippen MR) is 121 cm³/mol. The molecule has 0 atom stereocenters. The highest BCUT2D eigenvalue weighted by Crippen LogP contribution is 2.18. The lowest BCUT2D eigenvalue weighted by Crippen LogP contribution is -2.21. The molecule has 3 rings (SSSR count). The number of rotatable bonds is 7. The highest BCUT2D eigenvalue weighted by atomic mass is 35.5. The summed E-state index contributed by atoms with van der Waals surface area (Å²) in [5.74, 6) is -1.08. The number of nitrogens with one attached hydrogen (secondary N) is 2. The first-order chi connectivity index (χ1) is 15.4. The molecular weight excluding hydrogens is 457 g/mol. The minimum atomic E-state index is -0.877. The van der Waals surface area contributed by atoms with Crippen molar-refractivity contribution in [2.24, 2.45) is 0 Å². The quantitative estimate of drug-likeness (QED) is 0.387. The summed E-state index contributed by atoms with van der Waals surface area (Å²) in [4.78, 5) is 40.2. The van der Waals surface area contributed by atoms with E-state index in [-0.39, 0.29) is 21.8 Å². The Bertz CT molecular complexity index is 1140. The van der Waals surface area contributed by atoms with E-state index in [1.165, 1.54) is 12.1 Å². The number of carbonyl (C=O) groups excluding carboxylic acids is 3. The standard InChI is InChI=1S/C22H17Cl2N3O5/c1-31-16-8-6-15(7-9-16)26-21(29)13-2-4-14(5-3-13)25-19(28)12-32-22(30)20-17(23)10-11-18(24)27-20/h2-11H,12H2,1H3,(H,25,28)(H,26,29). The number of pyridine rings is 1. The summed E-state index contributed by atoms with van der Waals surface area (Å²) in [6.45, 7) is -0.553. The molecule has 10 heteroatoms. The van der Waals surface area contributed by atoms with Crippen LogP contribution in [0.2, 0.25) is 10.2 Å². The van der Waals surface area contributed by atoms with Crippen molar-refractivity contribution >= 4 is 52.4 Å². The van der Waals surface area contributed by atoms with Gasteiger partial charge >= 0.3 is 5.97 Å². The van der Waals surface area contributed by atoms with Crippen molar-refractivity contribution < 1.29 is 23.9 Å². The third-order valence-electron chi connectivity index (χ3n) is 4.12. The summed E-state index contributed by atoms with van der Waals surface area (Å²) in [5, 5.41) is 5.45. The number of aromatic nitrogens is 1. The number of amides is 2. The number of hydrogen-bond acceptors (Lipinski definition) is 6. The third kappa shape index (κ3) is 6.19. The number of anilines is 2. The summed E-state index contributed by atoms with van der Waals surface area (Å²) in [6.07, 6.45) is 0. The Hall–Kier alpha value is -3.62. The molecule has 0 saturated heterocycles. The topological polar surface area (TPSA) is 107 Å². The van der Waals surface area contributed by atoms with E-state index in [2.05, 4.69) is 15.6 Å². The largest absolute Gasteiger partial charge is 0.497 e. The maximum atomic E-state index is 12.4. The zero-order valence-corrected chi connectivity index (χ0v) is 18.2. The van der Waals surface area contributed by atoms with E-state index in [4.69, 9.17) is 32.7 Å². The number of benzene rings is 2. The van der Waals surface area contributed by atoms with Crippen LogP contribution in [0.1, 0.15) is 20.8 Å². The second-order valence-electron chi connectivity index (χ2n) is 6.35. The minimum Gasteiger partial charge on any atom is -0.497 e. The van der Waals surface area contributed by atoms with Crippen molar-refractivity contribution in [2.45, 2.75) is 0 Å². The zero-order chi connectivity index (χ0) is 23.1. The van der Waals surface area contributed by atoms with Crippen molar-refractivity contribution in [1.29, 1.82) is 0 Å². The Morgan fingerprint density at radius 3 is 2.16 bits per heavy atom. The fraction of sp³-hybridized carbons (Fsp3) is 0.0909. The van der Waals surface area contributed by atoms with Gasteiger partial charge in [0, 0.05) is 16.9 Å². The van der Waals surface area contributed by atoms with E-state index in [0.717, 1.165) is 0 Å². The molecular formula is C22H17Cl2N3O5. The van der Waals surface area contributed by atoms with Crippen molar-refractivity contribution in [2.75, 3.05) is 24.4 Å². The summed E-state index contributed by atoms with van der Waals surface area (Å²) in [6, 6.07) is 15.9. The molecule has 8 nitrogen and oxygen atoms in total. The zero-order valence-electron chi connectivity index (χ0n) is 16.7. The SMILES string of the molecule is COc1ccc(NC(=O)c2ccc(NC(=O)COC(=O)c3nc(Cl)ccc3Cl)cc2)cc1. The van der Waals surface area contributed by atoms with Gasteiger partial charge in [-0.3, -0.25) is 9.59 Å². The molecule has 3 aromatic rings. The smallest absolute Gasteiger partial charge is 0.359 e. The lowest BCUT2D eigenvalue weighted by atomic mass is 10.2. The average molecular weight is 474 g/mol. The maximum absolute atomic E-state index is 12.4. The molecule has 2 N–H and O–H groups in total. The van der Waals surface area contributed by atoms with Gasteiger partial charge in [0.2, 0.25) is 0 Å². The van der Waals surface area contributed by atoms with E-state index in [1.807, 2.05) is 0 Å². The Morgan fingerprint density at radius 1 is 0.875 bits per heavy atom. The monoisotopic (exact) mass is 473 g/mol. The average Bonchev–Trinajstić information content (AvgIpc) is 2.80. The summed E-state index contributed by atoms with van der Waals surface area (Å²) < 4.78 is 9.99. The first-order valence-electron chi connectivity index (χ1n) is 9.20. The van der Waals surface area contributed by atoms with Crippen LogP contribution in [0.4, 0.5) is 11.4 Å². The van der Waals surface area contributed by atoms with Crippen LogP contribution >= 0.6 is 23.2 Å². The van der Waals surface area contributed by atoms with Gasteiger partial charge in [0.15, 0.2) is 12.3 Å². The summed E-state index contributed by atoms with van der Waals surface area (Å²) >= 11 is 11.6. The van der Waals surface area contributed by atoms with E-state index in [1.54, 1.807) is 55.6 Å². The van der Waals surface area contributed by atoms with Crippen LogP contribution < -0.4 is 15.4 Å². The fourth-order valence-corrected chi connectivity index (χ4v) is 2.87. The highest BCUT2D eigenvalue weighted by Gasteiger charge is 2.16. The van der Waals surface area contributed by atoms with Crippen LogP contribution in [-0.2, 0) is 9.53 Å². The van der Waals surface area contributed by atoms with Crippen LogP contribution in [0.25, 0.3) is 0 Å². The summed E-state index contributed by atoms with van der Waals surface area (Å²) in [7, 11) is 1.56. The van der Waals surface area contributed by atoms with E-state index in [0.29, 0.717) is 22.7 Å². The molecule has 0 unspecified atom stereocenters. The second-order valence-corrected chi connectivity index (χ2v) is 7.14. The molecule has 1 heterocycles. The van der Waals surface area contributed by atoms with E-state index >= 15 is 0 Å². The number of esters is 1. The third-order valence-corrected chi connectivity index (χ3v) is 4.63. The molecule has 1 aromatic heterocycles. The van der Waals surface area contributed by atoms with E-state index in [9.17, 15) is 14.4 Å². The minimum absolute atomic E-state index is 0.0586. The molecule has 0 aliphatic heterocycles. The molecule has 0 aliphatic rings. The van der Waals surface area contributed by atoms with Crippen molar-refractivity contribution in [1.82, 2.24) is 4.98 Å². The highest BCUT2D eigenvalue weighted by molar-refractivity contribution is 6.34. The number of halogens is 2. The Morgan fingerprint density at radius 2 is 1.50 bits per heavy atom. The van der Waals surface area contributed by atoms with Gasteiger partial charge in [-0.05, 0) is 60.7 Å². The number of carbonyl (C=O) groups is 3. The number of nitrogens with zero attached hydrogens (tertiary/aromatic N) is 1. The van der Waals surface area contributed by atoms with Crippen molar-refractivity contribution in [3.8, 4) is 5.75 Å². The Balaban J connectivity index is 1.52. The van der Waals surface area contributed by atoms with Crippen molar-refractivity contribution in [3.05, 3.63) is 82.1 Å². The van der Waals surface area contributed by atoms with Crippen molar-refractivity contribution in [3.63, 3.8) is 0 Å². The fourth-order valence-electron chi connectivity index (χ4n) is 2.54. The Labute approximate surface area is 193 Å². The molecule has 164 valence electrons. The van der Waals surface area contributed by atoms with Crippen LogP contribution in [0.3, 0.4) is 0 Å². The predicted octanol–water partition coefficient (Wildman–Crippen LogP) is 4.44. The molecule has 0 saturated carbocycles. The number of hydrogen-bond donors (Lipinski definition) is 2. The molecule has 0 radical (unpaired) electrons. The van der Waals surface area contributed by atoms with Gasteiger partial charge < -0.3 is 20.1 Å². The summed E-state index contributed by atoms with van der Waals surface area (Å²) in [5.41, 5.74) is 1.25. The lowest BCUT2D eigenvalue weighted by Gasteiger charge is -2.09. The number of ether oxygens (including phenoxy) is 2. The van der Waals surface area contributed by atoms with Gasteiger partial charge in [-0.15, -0.1) is 0 Å². The van der Waals surface area contributed by atoms with E-state index < -0.39 is 18.5 Å². The molecule has 2 aromatic carbocycles. The first-order valence-corrected chi connectivity index (χ1v) is 9.96. The van der Waals surface area contributed by atoms with Crippen LogP contribution in [0.15, 0.2) is 60.7 Å². The van der Waals surface area contributed by atoms with Gasteiger partial charge in [-0.1, -0.05) is 23.2 Å². The van der Waals surface area contributed by atoms with Crippen LogP contribution in [0.5, 0.6) is 5.75 Å². The molecule has 2 amide bonds. The van der Waals surface area contributed by atoms with Crippen LogP contribution in [-0.4, -0.2) is 36.5 Å². The molecule has 32 heavy (non-hydrogen) atoms. The normalized spacial score (nSPS) is 10.2. The van der Waals surface area contributed by atoms with Gasteiger partial charge in [-0.2, -0.15) is 0 Å². The molecule has 0 spiro atoms.